The lowest BCUT2D eigenvalue weighted by atomic mass is 10.1. The molecule has 2 aliphatic rings. The molecule has 0 bridgehead atoms. The van der Waals surface area contributed by atoms with Crippen LogP contribution in [0, 0.1) is 5.82 Å². The van der Waals surface area contributed by atoms with Gasteiger partial charge in [0.1, 0.15) is 5.69 Å². The molecule has 8 nitrogen and oxygen atoms in total. The molecule has 1 saturated carbocycles. The monoisotopic (exact) mass is 427 g/mol. The van der Waals surface area contributed by atoms with Crippen LogP contribution in [0.25, 0.3) is 10.9 Å². The first kappa shape index (κ1) is 20.3. The minimum atomic E-state index is -3.24. The highest BCUT2D eigenvalue weighted by Gasteiger charge is 2.33. The second-order valence-corrected chi connectivity index (χ2v) is 7.44. The standard InChI is InChI=1S/C19H20F3N3O5/c1-9-7-24(5-4-23-9)15-12(20)6-11-14(17(15)30-18(21)22)25(10-2-3-10)8-13(16(11)26)29-19(27)28/h6,8-10,18,23H,2-5,7H2,1H3,(H,27,28). The predicted molar refractivity (Wildman–Crippen MR) is 101 cm³/mol. The molecule has 162 valence electrons. The molecule has 0 radical (unpaired) electrons. The minimum absolute atomic E-state index is 0.00289. The van der Waals surface area contributed by atoms with Crippen molar-refractivity contribution < 1.29 is 32.5 Å². The van der Waals surface area contributed by atoms with Crippen molar-refractivity contribution in [2.24, 2.45) is 0 Å². The van der Waals surface area contributed by atoms with Crippen molar-refractivity contribution in [3.63, 3.8) is 0 Å². The van der Waals surface area contributed by atoms with Gasteiger partial charge in [0.15, 0.2) is 17.3 Å². The zero-order chi connectivity index (χ0) is 21.6. The van der Waals surface area contributed by atoms with E-state index in [1.807, 2.05) is 6.92 Å². The number of benzene rings is 1. The first-order valence-electron chi connectivity index (χ1n) is 9.51. The zero-order valence-corrected chi connectivity index (χ0v) is 16.0. The molecule has 4 rings (SSSR count). The average Bonchev–Trinajstić information content (AvgIpc) is 3.48. The SMILES string of the molecule is CC1CN(c2c(F)cc3c(=O)c(OC(=O)O)cn(C4CC4)c3c2OC(F)F)CCN1. The zero-order valence-electron chi connectivity index (χ0n) is 16.0. The van der Waals surface area contributed by atoms with Crippen LogP contribution in [0.3, 0.4) is 0 Å². The summed E-state index contributed by atoms with van der Waals surface area (Å²) in [6.45, 7) is -0.121. The van der Waals surface area contributed by atoms with Crippen molar-refractivity contribution in [3.8, 4) is 11.5 Å². The summed E-state index contributed by atoms with van der Waals surface area (Å²) in [7, 11) is 0. The average molecular weight is 427 g/mol. The molecule has 1 aromatic carbocycles. The lowest BCUT2D eigenvalue weighted by Crippen LogP contribution is -2.49. The van der Waals surface area contributed by atoms with Crippen LogP contribution in [0.5, 0.6) is 11.5 Å². The highest BCUT2D eigenvalue weighted by molar-refractivity contribution is 5.92. The van der Waals surface area contributed by atoms with Crippen molar-refractivity contribution in [1.29, 1.82) is 0 Å². The minimum Gasteiger partial charge on any atom is -0.449 e. The molecule has 2 fully saturated rings. The molecule has 1 aliphatic carbocycles. The third kappa shape index (κ3) is 3.76. The number of aromatic nitrogens is 1. The Hall–Kier alpha value is -2.95. The summed E-state index contributed by atoms with van der Waals surface area (Å²) in [6, 6.07) is 0.765. The van der Waals surface area contributed by atoms with E-state index in [-0.39, 0.29) is 28.7 Å². The third-order valence-corrected chi connectivity index (χ3v) is 5.19. The van der Waals surface area contributed by atoms with Gasteiger partial charge in [-0.25, -0.2) is 9.18 Å². The number of carbonyl (C=O) groups is 1. The second-order valence-electron chi connectivity index (χ2n) is 7.44. The first-order chi connectivity index (χ1) is 14.3. The van der Waals surface area contributed by atoms with Crippen LogP contribution in [-0.2, 0) is 0 Å². The molecule has 1 unspecified atom stereocenters. The maximum absolute atomic E-state index is 15.2. The maximum atomic E-state index is 15.2. The number of nitrogens with one attached hydrogen (secondary N) is 1. The molecule has 11 heteroatoms. The summed E-state index contributed by atoms with van der Waals surface area (Å²) in [5, 5.41) is 11.8. The van der Waals surface area contributed by atoms with E-state index in [1.54, 1.807) is 4.90 Å². The van der Waals surface area contributed by atoms with Crippen molar-refractivity contribution in [2.45, 2.75) is 38.5 Å². The molecule has 0 spiro atoms. The Balaban J connectivity index is 2.01. The van der Waals surface area contributed by atoms with Gasteiger partial charge >= 0.3 is 12.8 Å². The van der Waals surface area contributed by atoms with Gasteiger partial charge in [0.25, 0.3) is 0 Å². The lowest BCUT2D eigenvalue weighted by Gasteiger charge is -2.35. The summed E-state index contributed by atoms with van der Waals surface area (Å²) in [5.74, 6) is -1.85. The predicted octanol–water partition coefficient (Wildman–Crippen LogP) is 2.93. The van der Waals surface area contributed by atoms with E-state index >= 15 is 4.39 Å². The number of rotatable bonds is 5. The van der Waals surface area contributed by atoms with Crippen LogP contribution in [-0.4, -0.2) is 48.1 Å². The van der Waals surface area contributed by atoms with Gasteiger partial charge in [-0.15, -0.1) is 0 Å². The van der Waals surface area contributed by atoms with E-state index in [9.17, 15) is 18.4 Å². The topological polar surface area (TPSA) is 93.0 Å². The largest absolute Gasteiger partial charge is 0.511 e. The van der Waals surface area contributed by atoms with Crippen molar-refractivity contribution >= 4 is 22.7 Å². The Morgan fingerprint density at radius 3 is 2.70 bits per heavy atom. The smallest absolute Gasteiger partial charge is 0.449 e. The van der Waals surface area contributed by atoms with Gasteiger partial charge in [-0.1, -0.05) is 0 Å². The number of hydrogen-bond acceptors (Lipinski definition) is 6. The van der Waals surface area contributed by atoms with Crippen LogP contribution in [0.2, 0.25) is 0 Å². The van der Waals surface area contributed by atoms with Crippen molar-refractivity contribution in [3.05, 3.63) is 28.3 Å². The normalized spacial score (nSPS) is 19.4. The fourth-order valence-electron chi connectivity index (χ4n) is 3.86. The molecule has 2 aromatic rings. The second kappa shape index (κ2) is 7.71. The molecule has 1 atom stereocenters. The molecule has 1 aromatic heterocycles. The highest BCUT2D eigenvalue weighted by atomic mass is 19.3. The number of fused-ring (bicyclic) bond motifs is 1. The van der Waals surface area contributed by atoms with E-state index in [1.165, 1.54) is 4.57 Å². The summed E-state index contributed by atoms with van der Waals surface area (Å²) < 4.78 is 52.6. The number of pyridine rings is 1. The van der Waals surface area contributed by atoms with Crippen LogP contribution in [0.4, 0.5) is 23.7 Å². The quantitative estimate of drug-likeness (QED) is 0.709. The molecule has 0 amide bonds. The fourth-order valence-corrected chi connectivity index (χ4v) is 3.86. The van der Waals surface area contributed by atoms with Crippen LogP contribution in [0.1, 0.15) is 25.8 Å². The molecule has 1 aliphatic heterocycles. The van der Waals surface area contributed by atoms with Gasteiger partial charge in [-0.2, -0.15) is 8.78 Å². The van der Waals surface area contributed by atoms with Crippen molar-refractivity contribution in [2.75, 3.05) is 24.5 Å². The molecular weight excluding hydrogens is 407 g/mol. The van der Waals surface area contributed by atoms with Gasteiger partial charge in [-0.3, -0.25) is 4.79 Å². The van der Waals surface area contributed by atoms with Gasteiger partial charge < -0.3 is 29.4 Å². The van der Waals surface area contributed by atoms with Gasteiger partial charge in [0.05, 0.1) is 17.1 Å². The Labute approximate surface area is 168 Å². The Morgan fingerprint density at radius 2 is 2.10 bits per heavy atom. The highest BCUT2D eigenvalue weighted by Crippen LogP contribution is 2.45. The Bertz CT molecular complexity index is 1050. The van der Waals surface area contributed by atoms with E-state index < -0.39 is 35.5 Å². The fraction of sp³-hybridized carbons (Fsp3) is 0.474. The number of nitrogens with zero attached hydrogens (tertiary/aromatic N) is 2. The van der Waals surface area contributed by atoms with E-state index in [0.29, 0.717) is 32.5 Å². The van der Waals surface area contributed by atoms with E-state index in [0.717, 1.165) is 12.3 Å². The van der Waals surface area contributed by atoms with Crippen molar-refractivity contribution in [1.82, 2.24) is 9.88 Å². The number of hydrogen-bond donors (Lipinski definition) is 2. The number of halogens is 3. The third-order valence-electron chi connectivity index (χ3n) is 5.19. The number of alkyl halides is 2. The number of piperazine rings is 1. The number of ether oxygens (including phenoxy) is 2. The maximum Gasteiger partial charge on any atom is 0.511 e. The van der Waals surface area contributed by atoms with Crippen LogP contribution in [0.15, 0.2) is 17.1 Å². The van der Waals surface area contributed by atoms with E-state index in [2.05, 4.69) is 10.1 Å². The Kier molecular flexibility index (Phi) is 5.22. The van der Waals surface area contributed by atoms with E-state index in [4.69, 9.17) is 9.84 Å². The first-order valence-corrected chi connectivity index (χ1v) is 9.51. The van der Waals surface area contributed by atoms with Gasteiger partial charge in [-0.05, 0) is 25.8 Å². The molecule has 1 saturated heterocycles. The van der Waals surface area contributed by atoms with Gasteiger partial charge in [0.2, 0.25) is 5.43 Å². The van der Waals surface area contributed by atoms with Crippen LogP contribution >= 0.6 is 0 Å². The molecule has 2 heterocycles. The van der Waals surface area contributed by atoms with Crippen LogP contribution < -0.4 is 25.1 Å². The summed E-state index contributed by atoms with van der Waals surface area (Å²) in [6.07, 6.45) is 0.841. The van der Waals surface area contributed by atoms with Gasteiger partial charge in [0, 0.05) is 31.7 Å². The molecule has 30 heavy (non-hydrogen) atoms. The Morgan fingerprint density at radius 1 is 1.37 bits per heavy atom. The summed E-state index contributed by atoms with van der Waals surface area (Å²) >= 11 is 0. The molecular formula is C19H20F3N3O5. The molecule has 2 N–H and O–H groups in total. The lowest BCUT2D eigenvalue weighted by molar-refractivity contribution is -0.0488. The summed E-state index contributed by atoms with van der Waals surface area (Å²) in [5.41, 5.74) is -1.05. The number of anilines is 1. The number of carboxylic acid groups (broad SMARTS) is 1. The summed E-state index contributed by atoms with van der Waals surface area (Å²) in [4.78, 5) is 25.3.